The first-order valence-electron chi connectivity index (χ1n) is 6.44. The van der Waals surface area contributed by atoms with Gasteiger partial charge in [0.05, 0.1) is 11.7 Å². The Morgan fingerprint density at radius 1 is 1.17 bits per heavy atom. The van der Waals surface area contributed by atoms with Crippen molar-refractivity contribution >= 4 is 16.8 Å². The lowest BCUT2D eigenvalue weighted by molar-refractivity contribution is 0.0765. The highest BCUT2D eigenvalue weighted by molar-refractivity contribution is 6.08. The minimum atomic E-state index is -0.227. The number of carbonyl (C=O) groups is 1. The van der Waals surface area contributed by atoms with Crippen molar-refractivity contribution in [1.29, 1.82) is 0 Å². The molecule has 0 atom stereocenters. The molecule has 1 heterocycles. The summed E-state index contributed by atoms with van der Waals surface area (Å²) in [6.07, 6.45) is 4.35. The SMILES string of the molecule is O=C(c1coc2ccccc12)C1CCC(O)CC1. The van der Waals surface area contributed by atoms with E-state index in [9.17, 15) is 9.90 Å². The fraction of sp³-hybridized carbons (Fsp3) is 0.400. The van der Waals surface area contributed by atoms with E-state index in [0.717, 1.165) is 36.7 Å². The van der Waals surface area contributed by atoms with Crippen LogP contribution in [0.3, 0.4) is 0 Å². The summed E-state index contributed by atoms with van der Waals surface area (Å²) in [6, 6.07) is 7.61. The Morgan fingerprint density at radius 2 is 1.89 bits per heavy atom. The van der Waals surface area contributed by atoms with Crippen LogP contribution in [0.4, 0.5) is 0 Å². The van der Waals surface area contributed by atoms with Gasteiger partial charge < -0.3 is 9.52 Å². The number of aliphatic hydroxyl groups is 1. The average molecular weight is 244 g/mol. The number of ketones is 1. The number of hydrogen-bond donors (Lipinski definition) is 1. The van der Waals surface area contributed by atoms with E-state index in [2.05, 4.69) is 0 Å². The molecular weight excluding hydrogens is 228 g/mol. The molecule has 0 unspecified atom stereocenters. The Bertz CT molecular complexity index is 562. The van der Waals surface area contributed by atoms with Crippen LogP contribution < -0.4 is 0 Å². The first kappa shape index (κ1) is 11.5. The summed E-state index contributed by atoms with van der Waals surface area (Å²) in [5.41, 5.74) is 1.45. The first-order chi connectivity index (χ1) is 8.75. The third kappa shape index (κ3) is 1.95. The van der Waals surface area contributed by atoms with Crippen molar-refractivity contribution in [3.05, 3.63) is 36.1 Å². The molecule has 1 aromatic carbocycles. The molecule has 1 N–H and O–H groups in total. The molecule has 1 saturated carbocycles. The van der Waals surface area contributed by atoms with E-state index in [0.29, 0.717) is 5.56 Å². The highest BCUT2D eigenvalue weighted by Crippen LogP contribution is 2.30. The maximum Gasteiger partial charge on any atom is 0.169 e. The van der Waals surface area contributed by atoms with Crippen molar-refractivity contribution in [3.63, 3.8) is 0 Å². The zero-order chi connectivity index (χ0) is 12.5. The second-order valence-corrected chi connectivity index (χ2v) is 5.02. The first-order valence-corrected chi connectivity index (χ1v) is 6.44. The largest absolute Gasteiger partial charge is 0.464 e. The van der Waals surface area contributed by atoms with E-state index in [-0.39, 0.29) is 17.8 Å². The molecule has 0 spiro atoms. The maximum atomic E-state index is 12.4. The number of para-hydroxylation sites is 1. The molecule has 0 amide bonds. The normalized spacial score (nSPS) is 24.3. The monoisotopic (exact) mass is 244 g/mol. The Balaban J connectivity index is 1.88. The summed E-state index contributed by atoms with van der Waals surface area (Å²) >= 11 is 0. The zero-order valence-electron chi connectivity index (χ0n) is 10.1. The standard InChI is InChI=1S/C15H16O3/c16-11-7-5-10(6-8-11)15(17)13-9-18-14-4-2-1-3-12(13)14/h1-4,9-11,16H,5-8H2. The molecule has 0 aliphatic heterocycles. The third-order valence-corrected chi connectivity index (χ3v) is 3.81. The summed E-state index contributed by atoms with van der Waals surface area (Å²) in [7, 11) is 0. The van der Waals surface area contributed by atoms with Gasteiger partial charge in [0.25, 0.3) is 0 Å². The second-order valence-electron chi connectivity index (χ2n) is 5.02. The number of aliphatic hydroxyl groups excluding tert-OH is 1. The van der Waals surface area contributed by atoms with Crippen LogP contribution in [0.15, 0.2) is 34.9 Å². The van der Waals surface area contributed by atoms with Gasteiger partial charge in [-0.1, -0.05) is 18.2 Å². The summed E-state index contributed by atoms with van der Waals surface area (Å²) < 4.78 is 5.41. The van der Waals surface area contributed by atoms with Gasteiger partial charge in [-0.2, -0.15) is 0 Å². The Kier molecular flexibility index (Phi) is 2.92. The van der Waals surface area contributed by atoms with Crippen LogP contribution in [0.25, 0.3) is 11.0 Å². The minimum Gasteiger partial charge on any atom is -0.464 e. The van der Waals surface area contributed by atoms with Gasteiger partial charge in [0.15, 0.2) is 5.78 Å². The van der Waals surface area contributed by atoms with E-state index < -0.39 is 0 Å². The van der Waals surface area contributed by atoms with Crippen molar-refractivity contribution in [2.45, 2.75) is 31.8 Å². The predicted octanol–water partition coefficient (Wildman–Crippen LogP) is 3.17. The molecule has 0 bridgehead atoms. The lowest BCUT2D eigenvalue weighted by atomic mass is 9.82. The van der Waals surface area contributed by atoms with Crippen molar-refractivity contribution in [1.82, 2.24) is 0 Å². The van der Waals surface area contributed by atoms with Gasteiger partial charge in [0.1, 0.15) is 11.8 Å². The van der Waals surface area contributed by atoms with Crippen LogP contribution >= 0.6 is 0 Å². The zero-order valence-corrected chi connectivity index (χ0v) is 10.1. The number of hydrogen-bond acceptors (Lipinski definition) is 3. The van der Waals surface area contributed by atoms with E-state index in [1.54, 1.807) is 6.26 Å². The summed E-state index contributed by atoms with van der Waals surface area (Å²) in [5.74, 6) is 0.196. The van der Waals surface area contributed by atoms with Gasteiger partial charge in [0.2, 0.25) is 0 Å². The molecular formula is C15H16O3. The van der Waals surface area contributed by atoms with Gasteiger partial charge in [-0.15, -0.1) is 0 Å². The molecule has 0 radical (unpaired) electrons. The van der Waals surface area contributed by atoms with Gasteiger partial charge in [-0.3, -0.25) is 4.79 Å². The fourth-order valence-corrected chi connectivity index (χ4v) is 2.73. The quantitative estimate of drug-likeness (QED) is 0.825. The predicted molar refractivity (Wildman–Crippen MR) is 68.5 cm³/mol. The molecule has 1 aliphatic rings. The fourth-order valence-electron chi connectivity index (χ4n) is 2.73. The van der Waals surface area contributed by atoms with Crippen LogP contribution in [0.2, 0.25) is 0 Å². The lowest BCUT2D eigenvalue weighted by Crippen LogP contribution is -2.24. The van der Waals surface area contributed by atoms with E-state index >= 15 is 0 Å². The smallest absolute Gasteiger partial charge is 0.169 e. The molecule has 1 aromatic heterocycles. The topological polar surface area (TPSA) is 50.4 Å². The molecule has 3 rings (SSSR count). The molecule has 1 fully saturated rings. The molecule has 0 saturated heterocycles. The minimum absolute atomic E-state index is 0.0365. The van der Waals surface area contributed by atoms with Crippen LogP contribution in [-0.4, -0.2) is 17.0 Å². The van der Waals surface area contributed by atoms with E-state index in [4.69, 9.17) is 4.42 Å². The molecule has 2 aromatic rings. The Hall–Kier alpha value is -1.61. The van der Waals surface area contributed by atoms with Crippen molar-refractivity contribution in [2.75, 3.05) is 0 Å². The molecule has 94 valence electrons. The van der Waals surface area contributed by atoms with Crippen molar-refractivity contribution in [2.24, 2.45) is 5.92 Å². The van der Waals surface area contributed by atoms with E-state index in [1.165, 1.54) is 0 Å². The highest BCUT2D eigenvalue weighted by Gasteiger charge is 2.27. The third-order valence-electron chi connectivity index (χ3n) is 3.81. The Labute approximate surface area is 105 Å². The second kappa shape index (κ2) is 4.58. The van der Waals surface area contributed by atoms with Crippen LogP contribution in [0.1, 0.15) is 36.0 Å². The van der Waals surface area contributed by atoms with Crippen LogP contribution in [-0.2, 0) is 0 Å². The molecule has 3 heteroatoms. The number of fused-ring (bicyclic) bond motifs is 1. The Morgan fingerprint density at radius 3 is 2.67 bits per heavy atom. The van der Waals surface area contributed by atoms with Crippen LogP contribution in [0.5, 0.6) is 0 Å². The lowest BCUT2D eigenvalue weighted by Gasteiger charge is -2.23. The number of benzene rings is 1. The van der Waals surface area contributed by atoms with Gasteiger partial charge in [0, 0.05) is 11.3 Å². The van der Waals surface area contributed by atoms with Crippen molar-refractivity contribution in [3.8, 4) is 0 Å². The highest BCUT2D eigenvalue weighted by atomic mass is 16.3. The summed E-state index contributed by atoms with van der Waals surface area (Å²) in [5, 5.41) is 10.4. The molecule has 3 nitrogen and oxygen atoms in total. The molecule has 1 aliphatic carbocycles. The summed E-state index contributed by atoms with van der Waals surface area (Å²) in [4.78, 5) is 12.4. The number of Topliss-reactive ketones (excluding diaryl/α,β-unsaturated/α-hetero) is 1. The number of rotatable bonds is 2. The number of carbonyl (C=O) groups excluding carboxylic acids is 1. The van der Waals surface area contributed by atoms with Gasteiger partial charge >= 0.3 is 0 Å². The maximum absolute atomic E-state index is 12.4. The van der Waals surface area contributed by atoms with Gasteiger partial charge in [-0.25, -0.2) is 0 Å². The van der Waals surface area contributed by atoms with Crippen LogP contribution in [0, 0.1) is 5.92 Å². The van der Waals surface area contributed by atoms with Crippen molar-refractivity contribution < 1.29 is 14.3 Å². The number of furan rings is 1. The average Bonchev–Trinajstić information content (AvgIpc) is 2.82. The molecule has 18 heavy (non-hydrogen) atoms. The van der Waals surface area contributed by atoms with E-state index in [1.807, 2.05) is 24.3 Å². The summed E-state index contributed by atoms with van der Waals surface area (Å²) in [6.45, 7) is 0. The van der Waals surface area contributed by atoms with Gasteiger partial charge in [-0.05, 0) is 31.7 Å².